The molecule has 16 nitrogen and oxygen atoms in total. The van der Waals surface area contributed by atoms with Gasteiger partial charge in [0.05, 0.1) is 23.3 Å². The molecule has 1 saturated carbocycles. The van der Waals surface area contributed by atoms with Gasteiger partial charge in [0.2, 0.25) is 21.9 Å². The van der Waals surface area contributed by atoms with Crippen LogP contribution in [0.25, 0.3) is 11.2 Å². The van der Waals surface area contributed by atoms with E-state index in [0.717, 1.165) is 11.1 Å². The van der Waals surface area contributed by atoms with Crippen LogP contribution < -0.4 is 31.3 Å². The van der Waals surface area contributed by atoms with E-state index < -0.39 is 40.3 Å². The van der Waals surface area contributed by atoms with Crippen molar-refractivity contribution in [2.45, 2.75) is 67.3 Å². The minimum absolute atomic E-state index is 0. The minimum Gasteiger partial charge on any atom is -0.388 e. The maximum absolute atomic E-state index is 13.0. The summed E-state index contributed by atoms with van der Waals surface area (Å²) in [6, 6.07) is 23.9. The van der Waals surface area contributed by atoms with Crippen LogP contribution in [0.4, 0.5) is 22.2 Å². The molecule has 18 heteroatoms. The number of nitrogens with zero attached hydrogens (tertiary/aromatic N) is 5. The third-order valence-electron chi connectivity index (χ3n) is 10.2. The quantitative estimate of drug-likeness (QED) is 0.0969. The second kappa shape index (κ2) is 17.2. The zero-order chi connectivity index (χ0) is 38.7. The molecular weight excluding hydrogens is 760 g/mol. The summed E-state index contributed by atoms with van der Waals surface area (Å²) in [6.45, 7) is 3.08. The summed E-state index contributed by atoms with van der Waals surface area (Å²) < 4.78 is 25.3. The summed E-state index contributed by atoms with van der Waals surface area (Å²) in [5.74, 6) is 0.598. The van der Waals surface area contributed by atoms with Gasteiger partial charge >= 0.3 is 6.03 Å². The number of primary sulfonamides is 1. The van der Waals surface area contributed by atoms with Crippen molar-refractivity contribution in [3.8, 4) is 0 Å². The van der Waals surface area contributed by atoms with Crippen LogP contribution in [0, 0.1) is 0 Å². The number of anilines is 3. The van der Waals surface area contributed by atoms with E-state index in [2.05, 4.69) is 45.5 Å². The molecule has 3 aromatic carbocycles. The molecular formula is C38H45ClN10O6S. The van der Waals surface area contributed by atoms with Crippen molar-refractivity contribution in [2.75, 3.05) is 35.2 Å². The fourth-order valence-electron chi connectivity index (χ4n) is 7.31. The summed E-state index contributed by atoms with van der Waals surface area (Å²) in [4.78, 5) is 41.6. The van der Waals surface area contributed by atoms with Gasteiger partial charge in [-0.05, 0) is 42.2 Å². The maximum Gasteiger partial charge on any atom is 0.319 e. The molecule has 56 heavy (non-hydrogen) atoms. The van der Waals surface area contributed by atoms with E-state index in [-0.39, 0.29) is 53.7 Å². The van der Waals surface area contributed by atoms with Crippen LogP contribution in [0.1, 0.15) is 49.3 Å². The Morgan fingerprint density at radius 1 is 0.946 bits per heavy atom. The van der Waals surface area contributed by atoms with Gasteiger partial charge in [-0.3, -0.25) is 4.79 Å². The lowest BCUT2D eigenvalue weighted by Crippen LogP contribution is -2.42. The lowest BCUT2D eigenvalue weighted by atomic mass is 9.91. The number of imidazole rings is 1. The van der Waals surface area contributed by atoms with E-state index >= 15 is 0 Å². The van der Waals surface area contributed by atoms with Crippen LogP contribution in [-0.2, 0) is 14.8 Å². The first-order chi connectivity index (χ1) is 26.5. The third-order valence-corrected chi connectivity index (χ3v) is 11.1. The Morgan fingerprint density at radius 3 is 2.30 bits per heavy atom. The Bertz CT molecular complexity index is 2230. The molecule has 1 saturated heterocycles. The number of aromatic nitrogens is 4. The molecule has 1 aliphatic heterocycles. The molecule has 2 fully saturated rings. The Labute approximate surface area is 330 Å². The number of benzene rings is 3. The van der Waals surface area contributed by atoms with Gasteiger partial charge in [-0.2, -0.15) is 9.97 Å². The van der Waals surface area contributed by atoms with E-state index in [9.17, 15) is 28.2 Å². The van der Waals surface area contributed by atoms with Crippen molar-refractivity contribution in [1.82, 2.24) is 30.2 Å². The normalized spacial score (nSPS) is 20.8. The van der Waals surface area contributed by atoms with Crippen molar-refractivity contribution in [3.63, 3.8) is 0 Å². The van der Waals surface area contributed by atoms with E-state index in [4.69, 9.17) is 20.1 Å². The average Bonchev–Trinajstić information content (AvgIpc) is 3.90. The van der Waals surface area contributed by atoms with Gasteiger partial charge in [0.25, 0.3) is 0 Å². The molecule has 0 radical (unpaired) electrons. The predicted octanol–water partition coefficient (Wildman–Crippen LogP) is 3.10. The molecule has 7 rings (SSSR count). The Morgan fingerprint density at radius 2 is 1.64 bits per heavy atom. The number of carbonyl (C=O) groups is 2. The van der Waals surface area contributed by atoms with Crippen LogP contribution in [0.2, 0.25) is 0 Å². The van der Waals surface area contributed by atoms with Crippen LogP contribution in [0.5, 0.6) is 0 Å². The zero-order valence-corrected chi connectivity index (χ0v) is 32.2. The first-order valence-corrected chi connectivity index (χ1v) is 19.7. The number of nitrogens with two attached hydrogens (primary N) is 1. The minimum atomic E-state index is -3.94. The van der Waals surface area contributed by atoms with E-state index in [0.29, 0.717) is 49.0 Å². The van der Waals surface area contributed by atoms with Crippen molar-refractivity contribution in [3.05, 3.63) is 102 Å². The van der Waals surface area contributed by atoms with E-state index in [1.54, 1.807) is 23.9 Å². The smallest absolute Gasteiger partial charge is 0.319 e. The van der Waals surface area contributed by atoms with Gasteiger partial charge in [-0.25, -0.2) is 23.3 Å². The molecule has 296 valence electrons. The zero-order valence-electron chi connectivity index (χ0n) is 30.5. The van der Waals surface area contributed by atoms with Crippen molar-refractivity contribution in [1.29, 1.82) is 0 Å². The molecule has 2 aliphatic rings. The number of halogens is 1. The van der Waals surface area contributed by atoms with E-state index in [1.807, 2.05) is 41.3 Å². The Hall–Kier alpha value is -5.33. The summed E-state index contributed by atoms with van der Waals surface area (Å²) >= 11 is 0. The molecule has 0 bridgehead atoms. The number of sulfonamides is 1. The highest BCUT2D eigenvalue weighted by Crippen LogP contribution is 2.35. The number of rotatable bonds is 12. The van der Waals surface area contributed by atoms with Gasteiger partial charge in [0.15, 0.2) is 17.0 Å². The SMILES string of the molecule is CCC(=O)N[C@H]1C[C@@H](n2cnc3c(NCC(c4ccccc4)c4ccccc4)nc(N4CC[C@@H](NC(=O)Nc5cccc(S(N)(=O)=O)c5)C4)nc32)[C@H](O)[C@@H]1O.Cl. The van der Waals surface area contributed by atoms with Crippen molar-refractivity contribution < 1.29 is 28.2 Å². The number of fused-ring (bicyclic) bond motifs is 1. The number of aliphatic hydroxyl groups excluding tert-OH is 2. The van der Waals surface area contributed by atoms with Crippen molar-refractivity contribution >= 4 is 63.0 Å². The highest BCUT2D eigenvalue weighted by molar-refractivity contribution is 7.89. The largest absolute Gasteiger partial charge is 0.388 e. The van der Waals surface area contributed by atoms with Gasteiger partial charge in [0, 0.05) is 43.7 Å². The number of urea groups is 1. The Kier molecular flexibility index (Phi) is 12.4. The number of amides is 3. The molecule has 2 aromatic heterocycles. The lowest BCUT2D eigenvalue weighted by molar-refractivity contribution is -0.122. The molecule has 3 heterocycles. The van der Waals surface area contributed by atoms with Gasteiger partial charge < -0.3 is 40.9 Å². The van der Waals surface area contributed by atoms with Crippen LogP contribution in [0.15, 0.2) is 96.2 Å². The topological polar surface area (TPSA) is 230 Å². The standard InChI is InChI=1S/C38H44N10O6S.ClH/c1-2-31(49)44-29-19-30(34(51)33(29)50)48-22-41-32-35(40-20-28(23-10-5-3-6-11-23)24-12-7-4-8-13-24)45-37(46-36(32)48)47-17-16-26(21-47)43-38(52)42-25-14-9-15-27(18-25)55(39,53)54;/h3-15,18,22,26,28-30,33-34,50-51H,2,16-17,19-21H2,1H3,(H,44,49)(H2,39,53,54)(H,40,45,46)(H2,42,43,52);1H/t26-,29+,30-,33-,34+;/m1./s1. The average molecular weight is 805 g/mol. The Balaban J connectivity index is 0.00000532. The van der Waals surface area contributed by atoms with Crippen molar-refractivity contribution in [2.24, 2.45) is 5.14 Å². The molecule has 8 N–H and O–H groups in total. The first-order valence-electron chi connectivity index (χ1n) is 18.2. The van der Waals surface area contributed by atoms with Crippen LogP contribution in [-0.4, -0.2) is 94.0 Å². The molecule has 0 spiro atoms. The molecule has 5 atom stereocenters. The second-order valence-corrected chi connectivity index (χ2v) is 15.4. The van der Waals surface area contributed by atoms with Gasteiger partial charge in [-0.15, -0.1) is 12.4 Å². The highest BCUT2D eigenvalue weighted by Gasteiger charge is 2.44. The van der Waals surface area contributed by atoms with Crippen LogP contribution in [0.3, 0.4) is 0 Å². The second-order valence-electron chi connectivity index (χ2n) is 13.9. The fourth-order valence-corrected chi connectivity index (χ4v) is 7.87. The van der Waals surface area contributed by atoms with Gasteiger partial charge in [-0.1, -0.05) is 73.7 Å². The fraction of sp³-hybridized carbons (Fsp3) is 0.342. The number of nitrogens with one attached hydrogen (secondary N) is 4. The summed E-state index contributed by atoms with van der Waals surface area (Å²) in [7, 11) is -3.94. The molecule has 1 aliphatic carbocycles. The number of hydrogen-bond donors (Lipinski definition) is 7. The predicted molar refractivity (Wildman–Crippen MR) is 214 cm³/mol. The molecule has 3 amide bonds. The van der Waals surface area contributed by atoms with Crippen LogP contribution >= 0.6 is 12.4 Å². The number of hydrogen-bond acceptors (Lipinski definition) is 11. The summed E-state index contributed by atoms with van der Waals surface area (Å²) in [5, 5.41) is 39.3. The summed E-state index contributed by atoms with van der Waals surface area (Å²) in [6.07, 6.45) is 0.276. The van der Waals surface area contributed by atoms with E-state index in [1.165, 1.54) is 18.2 Å². The monoisotopic (exact) mass is 804 g/mol. The lowest BCUT2D eigenvalue weighted by Gasteiger charge is -2.22. The number of carbonyl (C=O) groups excluding carboxylic acids is 2. The highest BCUT2D eigenvalue weighted by atomic mass is 35.5. The first kappa shape index (κ1) is 40.3. The molecule has 5 aromatic rings. The summed E-state index contributed by atoms with van der Waals surface area (Å²) in [5.41, 5.74) is 3.41. The molecule has 0 unspecified atom stereocenters. The maximum atomic E-state index is 13.0. The third kappa shape index (κ3) is 8.87. The van der Waals surface area contributed by atoms with Gasteiger partial charge in [0.1, 0.15) is 12.2 Å². The number of aliphatic hydroxyl groups is 2.